The molecule has 0 spiro atoms. The van der Waals surface area contributed by atoms with Gasteiger partial charge in [0.1, 0.15) is 0 Å². The van der Waals surface area contributed by atoms with Crippen molar-refractivity contribution in [1.29, 1.82) is 0 Å². The quantitative estimate of drug-likeness (QED) is 0.889. The molecule has 4 nitrogen and oxygen atoms in total. The normalized spacial score (nSPS) is 19.8. The van der Waals surface area contributed by atoms with Gasteiger partial charge in [0, 0.05) is 17.3 Å². The van der Waals surface area contributed by atoms with Gasteiger partial charge in [-0.3, -0.25) is 4.79 Å². The molecule has 19 heavy (non-hydrogen) atoms. The summed E-state index contributed by atoms with van der Waals surface area (Å²) in [6.45, 7) is 0. The molecule has 1 aliphatic rings. The molecule has 2 aromatic rings. The van der Waals surface area contributed by atoms with Gasteiger partial charge in [-0.25, -0.2) is 0 Å². The lowest BCUT2D eigenvalue weighted by Gasteiger charge is -2.27. The Morgan fingerprint density at radius 1 is 1.21 bits per heavy atom. The van der Waals surface area contributed by atoms with E-state index >= 15 is 0 Å². The van der Waals surface area contributed by atoms with Crippen molar-refractivity contribution in [2.45, 2.75) is 18.9 Å². The van der Waals surface area contributed by atoms with E-state index in [1.165, 1.54) is 12.4 Å². The predicted molar refractivity (Wildman–Crippen MR) is 69.6 cm³/mol. The van der Waals surface area contributed by atoms with Crippen molar-refractivity contribution in [1.82, 2.24) is 10.2 Å². The lowest BCUT2D eigenvalue weighted by molar-refractivity contribution is 0.0636. The maximum atomic E-state index is 12.4. The van der Waals surface area contributed by atoms with Crippen molar-refractivity contribution in [2.24, 2.45) is 5.92 Å². The zero-order chi connectivity index (χ0) is 13.2. The summed E-state index contributed by atoms with van der Waals surface area (Å²) in [5, 5.41) is 17.8. The molecule has 0 bridgehead atoms. The molecule has 1 N–H and O–H groups in total. The van der Waals surface area contributed by atoms with Gasteiger partial charge >= 0.3 is 0 Å². The van der Waals surface area contributed by atoms with Gasteiger partial charge in [-0.15, -0.1) is 0 Å². The van der Waals surface area contributed by atoms with Crippen LogP contribution in [-0.2, 0) is 6.42 Å². The lowest BCUT2D eigenvalue weighted by atomic mass is 9.78. The molecule has 0 saturated heterocycles. The van der Waals surface area contributed by atoms with Crippen LogP contribution in [0.2, 0.25) is 0 Å². The second kappa shape index (κ2) is 4.90. The molecule has 1 heterocycles. The van der Waals surface area contributed by atoms with Crippen LogP contribution >= 0.6 is 0 Å². The van der Waals surface area contributed by atoms with Gasteiger partial charge in [0.05, 0.1) is 18.2 Å². The van der Waals surface area contributed by atoms with Crippen LogP contribution in [0.3, 0.4) is 0 Å². The second-order valence-electron chi connectivity index (χ2n) is 4.79. The van der Waals surface area contributed by atoms with Crippen LogP contribution in [0, 0.1) is 5.92 Å². The fourth-order valence-corrected chi connectivity index (χ4v) is 2.63. The van der Waals surface area contributed by atoms with Gasteiger partial charge in [0.2, 0.25) is 0 Å². The van der Waals surface area contributed by atoms with Gasteiger partial charge in [-0.05, 0) is 24.5 Å². The topological polar surface area (TPSA) is 63.1 Å². The minimum Gasteiger partial charge on any atom is -0.388 e. The molecule has 2 atom stereocenters. The Bertz CT molecular complexity index is 598. The van der Waals surface area contributed by atoms with Crippen LogP contribution in [0.5, 0.6) is 0 Å². The summed E-state index contributed by atoms with van der Waals surface area (Å²) in [4.78, 5) is 12.4. The molecule has 0 fully saturated rings. The fourth-order valence-electron chi connectivity index (χ4n) is 2.63. The highest BCUT2D eigenvalue weighted by Crippen LogP contribution is 2.33. The molecule has 1 aromatic heterocycles. The number of carbonyl (C=O) groups excluding carboxylic acids is 1. The van der Waals surface area contributed by atoms with Crippen LogP contribution in [0.1, 0.15) is 34.0 Å². The van der Waals surface area contributed by atoms with E-state index in [0.717, 1.165) is 17.5 Å². The minimum absolute atomic E-state index is 0.0196. The number of aliphatic hydroxyl groups is 1. The monoisotopic (exact) mass is 254 g/mol. The first-order chi connectivity index (χ1) is 9.27. The Hall–Kier alpha value is -2.07. The van der Waals surface area contributed by atoms with Gasteiger partial charge in [-0.2, -0.15) is 10.2 Å². The first kappa shape index (κ1) is 12.0. The van der Waals surface area contributed by atoms with Crippen molar-refractivity contribution in [3.05, 3.63) is 59.4 Å². The van der Waals surface area contributed by atoms with Crippen molar-refractivity contribution >= 4 is 5.78 Å². The number of nitrogens with zero attached hydrogens (tertiary/aromatic N) is 2. The number of hydrogen-bond donors (Lipinski definition) is 1. The smallest absolute Gasteiger partial charge is 0.169 e. The van der Waals surface area contributed by atoms with Crippen LogP contribution in [0.25, 0.3) is 0 Å². The van der Waals surface area contributed by atoms with Crippen LogP contribution < -0.4 is 0 Å². The van der Waals surface area contributed by atoms with E-state index in [-0.39, 0.29) is 11.7 Å². The highest BCUT2D eigenvalue weighted by atomic mass is 16.3. The van der Waals surface area contributed by atoms with Gasteiger partial charge < -0.3 is 5.11 Å². The van der Waals surface area contributed by atoms with E-state index in [0.29, 0.717) is 12.0 Å². The van der Waals surface area contributed by atoms with Crippen LogP contribution in [0.4, 0.5) is 0 Å². The Balaban J connectivity index is 1.90. The van der Waals surface area contributed by atoms with E-state index in [1.807, 2.05) is 24.3 Å². The SMILES string of the molecule is O=C1c2ccccc2CC[C@H]1[C@@H](O)c1ccnnc1. The fraction of sp³-hybridized carbons (Fsp3) is 0.267. The molecule has 1 aromatic carbocycles. The molecule has 0 saturated carbocycles. The Morgan fingerprint density at radius 2 is 2.05 bits per heavy atom. The summed E-state index contributed by atoms with van der Waals surface area (Å²) < 4.78 is 0. The molecule has 0 unspecified atom stereocenters. The Kier molecular flexibility index (Phi) is 3.09. The number of aliphatic hydroxyl groups excluding tert-OH is 1. The van der Waals surface area contributed by atoms with E-state index < -0.39 is 6.10 Å². The Labute approximate surface area is 111 Å². The average molecular weight is 254 g/mol. The molecule has 3 rings (SSSR count). The minimum atomic E-state index is -0.809. The van der Waals surface area contributed by atoms with Crippen molar-refractivity contribution < 1.29 is 9.90 Å². The van der Waals surface area contributed by atoms with Crippen LogP contribution in [-0.4, -0.2) is 21.1 Å². The van der Waals surface area contributed by atoms with Gasteiger partial charge in [0.15, 0.2) is 5.78 Å². The molecule has 96 valence electrons. The van der Waals surface area contributed by atoms with Crippen molar-refractivity contribution in [2.75, 3.05) is 0 Å². The third-order valence-corrected chi connectivity index (χ3v) is 3.67. The molecular weight excluding hydrogens is 240 g/mol. The highest BCUT2D eigenvalue weighted by Gasteiger charge is 2.33. The molecule has 4 heteroatoms. The third kappa shape index (κ3) is 2.15. The third-order valence-electron chi connectivity index (χ3n) is 3.67. The number of aromatic nitrogens is 2. The molecule has 1 aliphatic carbocycles. The van der Waals surface area contributed by atoms with Crippen molar-refractivity contribution in [3.63, 3.8) is 0 Å². The van der Waals surface area contributed by atoms with Crippen molar-refractivity contribution in [3.8, 4) is 0 Å². The summed E-state index contributed by atoms with van der Waals surface area (Å²) >= 11 is 0. The highest BCUT2D eigenvalue weighted by molar-refractivity contribution is 6.00. The van der Waals surface area contributed by atoms with E-state index in [9.17, 15) is 9.90 Å². The Morgan fingerprint density at radius 3 is 2.84 bits per heavy atom. The average Bonchev–Trinajstić information content (AvgIpc) is 2.48. The summed E-state index contributed by atoms with van der Waals surface area (Å²) in [5.41, 5.74) is 2.45. The van der Waals surface area contributed by atoms with Gasteiger partial charge in [0.25, 0.3) is 0 Å². The molecule has 0 aliphatic heterocycles. The maximum Gasteiger partial charge on any atom is 0.169 e. The molecular formula is C15H14N2O2. The number of hydrogen-bond acceptors (Lipinski definition) is 4. The summed E-state index contributed by atoms with van der Waals surface area (Å²) in [6.07, 6.45) is 3.72. The molecule has 0 amide bonds. The lowest BCUT2D eigenvalue weighted by Crippen LogP contribution is -2.28. The van der Waals surface area contributed by atoms with E-state index in [2.05, 4.69) is 10.2 Å². The summed E-state index contributed by atoms with van der Waals surface area (Å²) in [6, 6.07) is 9.31. The predicted octanol–water partition coefficient (Wildman–Crippen LogP) is 1.96. The number of carbonyl (C=O) groups is 1. The first-order valence-corrected chi connectivity index (χ1v) is 6.34. The number of rotatable bonds is 2. The molecule has 0 radical (unpaired) electrons. The summed E-state index contributed by atoms with van der Waals surface area (Å²) in [7, 11) is 0. The number of Topliss-reactive ketones (excluding diaryl/α,β-unsaturated/α-hetero) is 1. The van der Waals surface area contributed by atoms with Crippen LogP contribution in [0.15, 0.2) is 42.7 Å². The van der Waals surface area contributed by atoms with Gasteiger partial charge in [-0.1, -0.05) is 24.3 Å². The number of ketones is 1. The van der Waals surface area contributed by atoms with E-state index in [1.54, 1.807) is 6.07 Å². The number of fused-ring (bicyclic) bond motifs is 1. The zero-order valence-electron chi connectivity index (χ0n) is 10.4. The largest absolute Gasteiger partial charge is 0.388 e. The maximum absolute atomic E-state index is 12.4. The summed E-state index contributed by atoms with van der Waals surface area (Å²) in [5.74, 6) is -0.370. The standard InChI is InChI=1S/C15H14N2O2/c18-14(11-7-8-16-17-9-11)13-6-5-10-3-1-2-4-12(10)15(13)19/h1-4,7-9,13-14,18H,5-6H2/t13-,14-/m0/s1. The van der Waals surface area contributed by atoms with E-state index in [4.69, 9.17) is 0 Å². The first-order valence-electron chi connectivity index (χ1n) is 6.34. The zero-order valence-corrected chi connectivity index (χ0v) is 10.4. The second-order valence-corrected chi connectivity index (χ2v) is 4.79. The number of benzene rings is 1. The number of aryl methyl sites for hydroxylation is 1.